The summed E-state index contributed by atoms with van der Waals surface area (Å²) in [6.45, 7) is 0.140. The van der Waals surface area contributed by atoms with Crippen LogP contribution in [0.5, 0.6) is 0 Å². The predicted molar refractivity (Wildman–Crippen MR) is 49.4 cm³/mol. The summed E-state index contributed by atoms with van der Waals surface area (Å²) in [5.41, 5.74) is 0.965. The van der Waals surface area contributed by atoms with Crippen molar-refractivity contribution in [2.24, 2.45) is 0 Å². The minimum atomic E-state index is -0.995. The molecule has 1 amide bonds. The molecule has 0 saturated carbocycles. The van der Waals surface area contributed by atoms with E-state index in [9.17, 15) is 4.79 Å². The second kappa shape index (κ2) is 7.12. The number of benzene rings is 1. The number of carbonyl (C=O) groups is 1. The molecular formula is C9H13NO3. The second-order valence-corrected chi connectivity index (χ2v) is 2.20. The lowest BCUT2D eigenvalue weighted by Gasteiger charge is -1.89. The quantitative estimate of drug-likeness (QED) is 0.609. The molecule has 72 valence electrons. The van der Waals surface area contributed by atoms with Gasteiger partial charge in [0.2, 0.25) is 0 Å². The molecule has 0 aromatic heterocycles. The van der Waals surface area contributed by atoms with Gasteiger partial charge in [0.05, 0.1) is 6.61 Å². The standard InChI is InChI=1S/C7H8O.C2H5NO2/c8-6-7-4-2-1-3-5-7;1-3-2(4)5/h1-5,8H,6H2;3H,1H3,(H,4,5). The molecule has 4 nitrogen and oxygen atoms in total. The average molecular weight is 183 g/mol. The molecule has 0 saturated heterocycles. The molecule has 1 rings (SSSR count). The lowest BCUT2D eigenvalue weighted by Crippen LogP contribution is -2.13. The first-order chi connectivity index (χ1) is 6.20. The van der Waals surface area contributed by atoms with Gasteiger partial charge in [-0.05, 0) is 5.56 Å². The van der Waals surface area contributed by atoms with Crippen molar-refractivity contribution in [1.29, 1.82) is 0 Å². The van der Waals surface area contributed by atoms with Crippen molar-refractivity contribution in [1.82, 2.24) is 5.32 Å². The van der Waals surface area contributed by atoms with E-state index in [4.69, 9.17) is 10.2 Å². The van der Waals surface area contributed by atoms with E-state index < -0.39 is 6.09 Å². The van der Waals surface area contributed by atoms with Gasteiger partial charge in [0, 0.05) is 7.05 Å². The minimum absolute atomic E-state index is 0.140. The van der Waals surface area contributed by atoms with E-state index in [-0.39, 0.29) is 6.61 Å². The lowest BCUT2D eigenvalue weighted by molar-refractivity contribution is 0.197. The lowest BCUT2D eigenvalue weighted by atomic mass is 10.2. The van der Waals surface area contributed by atoms with Gasteiger partial charge in [0.15, 0.2) is 0 Å². The Morgan fingerprint density at radius 3 is 2.08 bits per heavy atom. The van der Waals surface area contributed by atoms with Crippen LogP contribution in [-0.4, -0.2) is 23.4 Å². The highest BCUT2D eigenvalue weighted by Gasteiger charge is 1.81. The number of amides is 1. The molecule has 4 heteroatoms. The smallest absolute Gasteiger partial charge is 0.404 e. The zero-order valence-corrected chi connectivity index (χ0v) is 7.40. The molecule has 0 aliphatic heterocycles. The van der Waals surface area contributed by atoms with Crippen molar-refractivity contribution < 1.29 is 15.0 Å². The average Bonchev–Trinajstić information content (AvgIpc) is 2.20. The Labute approximate surface area is 76.8 Å². The van der Waals surface area contributed by atoms with Gasteiger partial charge in [-0.1, -0.05) is 30.3 Å². The van der Waals surface area contributed by atoms with Crippen molar-refractivity contribution in [3.8, 4) is 0 Å². The topological polar surface area (TPSA) is 69.6 Å². The van der Waals surface area contributed by atoms with Crippen LogP contribution in [0, 0.1) is 0 Å². The van der Waals surface area contributed by atoms with E-state index in [0.29, 0.717) is 0 Å². The first kappa shape index (κ1) is 11.4. The number of hydrogen-bond donors (Lipinski definition) is 3. The van der Waals surface area contributed by atoms with Crippen LogP contribution in [0.1, 0.15) is 5.56 Å². The Morgan fingerprint density at radius 1 is 1.38 bits per heavy atom. The van der Waals surface area contributed by atoms with Crippen LogP contribution in [0.25, 0.3) is 0 Å². The third-order valence-corrected chi connectivity index (χ3v) is 1.24. The molecular weight excluding hydrogens is 170 g/mol. The van der Waals surface area contributed by atoms with Gasteiger partial charge in [-0.25, -0.2) is 4.79 Å². The largest absolute Gasteiger partial charge is 0.465 e. The van der Waals surface area contributed by atoms with Crippen LogP contribution < -0.4 is 5.32 Å². The summed E-state index contributed by atoms with van der Waals surface area (Å²) < 4.78 is 0. The third-order valence-electron chi connectivity index (χ3n) is 1.24. The Hall–Kier alpha value is -1.55. The van der Waals surface area contributed by atoms with Gasteiger partial charge in [-0.2, -0.15) is 0 Å². The molecule has 0 heterocycles. The fourth-order valence-corrected chi connectivity index (χ4v) is 0.583. The molecule has 1 aromatic rings. The first-order valence-electron chi connectivity index (χ1n) is 3.76. The highest BCUT2D eigenvalue weighted by Crippen LogP contribution is 1.95. The van der Waals surface area contributed by atoms with Gasteiger partial charge in [0.1, 0.15) is 0 Å². The van der Waals surface area contributed by atoms with Gasteiger partial charge in [0.25, 0.3) is 0 Å². The van der Waals surface area contributed by atoms with Gasteiger partial charge < -0.3 is 15.5 Å². The van der Waals surface area contributed by atoms with Crippen LogP contribution in [0.3, 0.4) is 0 Å². The summed E-state index contributed by atoms with van der Waals surface area (Å²) in [5.74, 6) is 0. The number of rotatable bonds is 1. The van der Waals surface area contributed by atoms with E-state index in [1.165, 1.54) is 7.05 Å². The molecule has 0 unspecified atom stereocenters. The van der Waals surface area contributed by atoms with Gasteiger partial charge in [-0.3, -0.25) is 0 Å². The summed E-state index contributed by atoms with van der Waals surface area (Å²) in [6.07, 6.45) is -0.995. The molecule has 0 spiro atoms. The highest BCUT2D eigenvalue weighted by atomic mass is 16.4. The summed E-state index contributed by atoms with van der Waals surface area (Å²) in [4.78, 5) is 9.26. The number of aliphatic hydroxyl groups is 1. The van der Waals surface area contributed by atoms with Crippen molar-refractivity contribution >= 4 is 6.09 Å². The first-order valence-corrected chi connectivity index (χ1v) is 3.76. The van der Waals surface area contributed by atoms with Crippen LogP contribution in [0.2, 0.25) is 0 Å². The van der Waals surface area contributed by atoms with Crippen molar-refractivity contribution in [2.45, 2.75) is 6.61 Å². The fourth-order valence-electron chi connectivity index (χ4n) is 0.583. The normalized spacial score (nSPS) is 8.15. The molecule has 13 heavy (non-hydrogen) atoms. The third kappa shape index (κ3) is 6.83. The Kier molecular flexibility index (Phi) is 6.27. The molecule has 0 atom stereocenters. The molecule has 0 radical (unpaired) electrons. The van der Waals surface area contributed by atoms with Crippen molar-refractivity contribution in [3.05, 3.63) is 35.9 Å². The van der Waals surface area contributed by atoms with Gasteiger partial charge >= 0.3 is 6.09 Å². The molecule has 1 aromatic carbocycles. The Bertz CT molecular complexity index is 236. The maximum atomic E-state index is 9.26. The van der Waals surface area contributed by atoms with Crippen LogP contribution >= 0.6 is 0 Å². The molecule has 0 bridgehead atoms. The number of nitrogens with one attached hydrogen (secondary N) is 1. The maximum Gasteiger partial charge on any atom is 0.404 e. The number of carboxylic acid groups (broad SMARTS) is 1. The van der Waals surface area contributed by atoms with Crippen molar-refractivity contribution in [2.75, 3.05) is 7.05 Å². The SMILES string of the molecule is CNC(=O)O.OCc1ccccc1. The van der Waals surface area contributed by atoms with Crippen LogP contribution in [-0.2, 0) is 6.61 Å². The summed E-state index contributed by atoms with van der Waals surface area (Å²) in [7, 11) is 1.35. The summed E-state index contributed by atoms with van der Waals surface area (Å²) in [5, 5.41) is 18.1. The molecule has 3 N–H and O–H groups in total. The minimum Gasteiger partial charge on any atom is -0.465 e. The van der Waals surface area contributed by atoms with E-state index in [1.807, 2.05) is 35.6 Å². The number of hydrogen-bond acceptors (Lipinski definition) is 2. The van der Waals surface area contributed by atoms with E-state index >= 15 is 0 Å². The fraction of sp³-hybridized carbons (Fsp3) is 0.222. The number of aliphatic hydroxyl groups excluding tert-OH is 1. The molecule has 0 fully saturated rings. The zero-order chi connectivity index (χ0) is 10.1. The molecule has 0 aliphatic carbocycles. The Balaban J connectivity index is 0.000000252. The van der Waals surface area contributed by atoms with Crippen LogP contribution in [0.15, 0.2) is 30.3 Å². The predicted octanol–water partition coefficient (Wildman–Crippen LogP) is 1.06. The summed E-state index contributed by atoms with van der Waals surface area (Å²) in [6, 6.07) is 9.52. The van der Waals surface area contributed by atoms with Crippen LogP contribution in [0.4, 0.5) is 4.79 Å². The monoisotopic (exact) mass is 183 g/mol. The van der Waals surface area contributed by atoms with E-state index in [1.54, 1.807) is 0 Å². The zero-order valence-electron chi connectivity index (χ0n) is 7.40. The highest BCUT2D eigenvalue weighted by molar-refractivity contribution is 5.63. The molecule has 0 aliphatic rings. The van der Waals surface area contributed by atoms with E-state index in [0.717, 1.165) is 5.56 Å². The van der Waals surface area contributed by atoms with Crippen molar-refractivity contribution in [3.63, 3.8) is 0 Å². The Morgan fingerprint density at radius 2 is 1.85 bits per heavy atom. The van der Waals surface area contributed by atoms with E-state index in [2.05, 4.69) is 0 Å². The van der Waals surface area contributed by atoms with Gasteiger partial charge in [-0.15, -0.1) is 0 Å². The second-order valence-electron chi connectivity index (χ2n) is 2.20. The maximum absolute atomic E-state index is 9.26. The summed E-state index contributed by atoms with van der Waals surface area (Å²) >= 11 is 0.